The summed E-state index contributed by atoms with van der Waals surface area (Å²) in [5.74, 6) is 0.450. The molecule has 4 heteroatoms. The first kappa shape index (κ1) is 16.0. The van der Waals surface area contributed by atoms with Crippen molar-refractivity contribution in [3.63, 3.8) is 0 Å². The third-order valence-corrected chi connectivity index (χ3v) is 3.99. The first-order chi connectivity index (χ1) is 8.97. The summed E-state index contributed by atoms with van der Waals surface area (Å²) in [6.07, 6.45) is 5.49. The molecule has 0 bridgehead atoms. The topological polar surface area (TPSA) is 46.6 Å². The third-order valence-electron chi connectivity index (χ3n) is 3.99. The fourth-order valence-electron chi connectivity index (χ4n) is 2.40. The molecular weight excluding hydrogens is 242 g/mol. The Bertz CT molecular complexity index is 317. The first-order valence-electron chi connectivity index (χ1n) is 7.50. The minimum Gasteiger partial charge on any atom is -0.444 e. The second kappa shape index (κ2) is 7.51. The van der Waals surface area contributed by atoms with Gasteiger partial charge in [-0.05, 0) is 26.2 Å². The number of hydrogen-bond acceptors (Lipinski definition) is 3. The molecule has 0 saturated carbocycles. The summed E-state index contributed by atoms with van der Waals surface area (Å²) in [7, 11) is 0. The molecule has 0 aromatic rings. The average molecular weight is 269 g/mol. The molecule has 19 heavy (non-hydrogen) atoms. The Morgan fingerprint density at radius 1 is 1.32 bits per heavy atom. The molecule has 0 unspecified atom stereocenters. The van der Waals surface area contributed by atoms with Crippen LogP contribution in [0.3, 0.4) is 0 Å². The van der Waals surface area contributed by atoms with Crippen LogP contribution >= 0.6 is 0 Å². The van der Waals surface area contributed by atoms with E-state index in [-0.39, 0.29) is 18.1 Å². The lowest BCUT2D eigenvalue weighted by Gasteiger charge is -2.18. The standard InChI is InChI=1S/C15H27NO3/c1-5-6-7-8-11(2)9-10-14(17)16-12(3)13(4)19-15(16)18/h11-13H,5-10H2,1-4H3/t11-,12+,13-/m0/s1. The Hall–Kier alpha value is -1.06. The Morgan fingerprint density at radius 3 is 2.53 bits per heavy atom. The molecule has 1 aliphatic rings. The summed E-state index contributed by atoms with van der Waals surface area (Å²) < 4.78 is 5.06. The molecule has 3 atom stereocenters. The maximum absolute atomic E-state index is 12.1. The Morgan fingerprint density at radius 2 is 2.00 bits per heavy atom. The molecule has 1 fully saturated rings. The zero-order valence-electron chi connectivity index (χ0n) is 12.6. The number of rotatable bonds is 7. The van der Waals surface area contributed by atoms with Crippen LogP contribution < -0.4 is 0 Å². The van der Waals surface area contributed by atoms with Crippen LogP contribution in [0.1, 0.15) is 66.2 Å². The van der Waals surface area contributed by atoms with Gasteiger partial charge in [0.1, 0.15) is 6.10 Å². The van der Waals surface area contributed by atoms with Gasteiger partial charge in [0.2, 0.25) is 5.91 Å². The van der Waals surface area contributed by atoms with E-state index < -0.39 is 6.09 Å². The van der Waals surface area contributed by atoms with E-state index >= 15 is 0 Å². The van der Waals surface area contributed by atoms with Crippen LogP contribution in [0, 0.1) is 5.92 Å². The number of unbranched alkanes of at least 4 members (excludes halogenated alkanes) is 2. The fraction of sp³-hybridized carbons (Fsp3) is 0.867. The van der Waals surface area contributed by atoms with Gasteiger partial charge in [-0.2, -0.15) is 0 Å². The van der Waals surface area contributed by atoms with Crippen molar-refractivity contribution >= 4 is 12.0 Å². The van der Waals surface area contributed by atoms with E-state index in [9.17, 15) is 9.59 Å². The van der Waals surface area contributed by atoms with Crippen LogP contribution in [-0.2, 0) is 9.53 Å². The first-order valence-corrected chi connectivity index (χ1v) is 7.50. The van der Waals surface area contributed by atoms with Gasteiger partial charge in [0, 0.05) is 6.42 Å². The van der Waals surface area contributed by atoms with Gasteiger partial charge >= 0.3 is 6.09 Å². The van der Waals surface area contributed by atoms with Crippen LogP contribution in [0.15, 0.2) is 0 Å². The average Bonchev–Trinajstić information content (AvgIpc) is 2.61. The van der Waals surface area contributed by atoms with E-state index in [2.05, 4.69) is 13.8 Å². The minimum atomic E-state index is -0.483. The molecular formula is C15H27NO3. The molecule has 0 aromatic carbocycles. The number of hydrogen-bond donors (Lipinski definition) is 0. The van der Waals surface area contributed by atoms with Crippen LogP contribution in [0.25, 0.3) is 0 Å². The third kappa shape index (κ3) is 4.51. The molecule has 0 N–H and O–H groups in total. The highest BCUT2D eigenvalue weighted by Gasteiger charge is 2.39. The largest absolute Gasteiger partial charge is 0.444 e. The molecule has 110 valence electrons. The number of ether oxygens (including phenoxy) is 1. The van der Waals surface area contributed by atoms with Crippen LogP contribution in [0.2, 0.25) is 0 Å². The van der Waals surface area contributed by atoms with Crippen molar-refractivity contribution in [1.82, 2.24) is 4.90 Å². The number of imide groups is 1. The van der Waals surface area contributed by atoms with Gasteiger partial charge < -0.3 is 4.74 Å². The smallest absolute Gasteiger partial charge is 0.417 e. The van der Waals surface area contributed by atoms with Gasteiger partial charge in [-0.3, -0.25) is 4.79 Å². The molecule has 0 aromatic heterocycles. The number of nitrogens with zero attached hydrogens (tertiary/aromatic N) is 1. The van der Waals surface area contributed by atoms with Crippen molar-refractivity contribution in [3.05, 3.63) is 0 Å². The van der Waals surface area contributed by atoms with Crippen molar-refractivity contribution in [2.75, 3.05) is 0 Å². The lowest BCUT2D eigenvalue weighted by atomic mass is 9.98. The zero-order valence-corrected chi connectivity index (χ0v) is 12.6. The highest BCUT2D eigenvalue weighted by Crippen LogP contribution is 2.22. The van der Waals surface area contributed by atoms with E-state index in [1.54, 1.807) is 0 Å². The van der Waals surface area contributed by atoms with E-state index in [1.165, 1.54) is 24.2 Å². The molecule has 0 radical (unpaired) electrons. The molecule has 1 saturated heterocycles. The molecule has 1 rings (SSSR count). The SMILES string of the molecule is CCCCC[C@H](C)CCC(=O)N1C(=O)O[C@@H](C)[C@H]1C. The molecule has 1 aliphatic heterocycles. The Kier molecular flexibility index (Phi) is 6.32. The van der Waals surface area contributed by atoms with Crippen LogP contribution in [-0.4, -0.2) is 29.0 Å². The lowest BCUT2D eigenvalue weighted by molar-refractivity contribution is -0.129. The molecule has 1 heterocycles. The normalized spacial score (nSPS) is 24.4. The second-order valence-electron chi connectivity index (χ2n) is 5.73. The number of carbonyl (C=O) groups is 2. The van der Waals surface area contributed by atoms with E-state index in [0.29, 0.717) is 12.3 Å². The van der Waals surface area contributed by atoms with Crippen molar-refractivity contribution < 1.29 is 14.3 Å². The molecule has 0 spiro atoms. The van der Waals surface area contributed by atoms with Gasteiger partial charge in [-0.25, -0.2) is 9.69 Å². The summed E-state index contributed by atoms with van der Waals surface area (Å²) in [5, 5.41) is 0. The van der Waals surface area contributed by atoms with E-state index in [1.807, 2.05) is 13.8 Å². The zero-order chi connectivity index (χ0) is 14.4. The fourth-order valence-corrected chi connectivity index (χ4v) is 2.40. The van der Waals surface area contributed by atoms with Crippen LogP contribution in [0.4, 0.5) is 4.79 Å². The Balaban J connectivity index is 2.33. The van der Waals surface area contributed by atoms with Gasteiger partial charge in [-0.1, -0.05) is 39.5 Å². The second-order valence-corrected chi connectivity index (χ2v) is 5.73. The van der Waals surface area contributed by atoms with Crippen molar-refractivity contribution in [2.24, 2.45) is 5.92 Å². The van der Waals surface area contributed by atoms with Gasteiger partial charge in [0.05, 0.1) is 6.04 Å². The summed E-state index contributed by atoms with van der Waals surface area (Å²) in [5.41, 5.74) is 0. The van der Waals surface area contributed by atoms with E-state index in [0.717, 1.165) is 12.8 Å². The highest BCUT2D eigenvalue weighted by atomic mass is 16.6. The lowest BCUT2D eigenvalue weighted by Crippen LogP contribution is -2.38. The molecule has 0 aliphatic carbocycles. The van der Waals surface area contributed by atoms with Crippen LogP contribution in [0.5, 0.6) is 0 Å². The summed E-state index contributed by atoms with van der Waals surface area (Å²) in [6.45, 7) is 8.05. The predicted molar refractivity (Wildman–Crippen MR) is 74.8 cm³/mol. The maximum atomic E-state index is 12.1. The number of amides is 2. The number of cyclic esters (lactones) is 1. The summed E-state index contributed by atoms with van der Waals surface area (Å²) in [4.78, 5) is 24.9. The maximum Gasteiger partial charge on any atom is 0.417 e. The van der Waals surface area contributed by atoms with Crippen molar-refractivity contribution in [1.29, 1.82) is 0 Å². The summed E-state index contributed by atoms with van der Waals surface area (Å²) >= 11 is 0. The predicted octanol–water partition coefficient (Wildman–Crippen LogP) is 3.74. The molecule has 2 amide bonds. The summed E-state index contributed by atoms with van der Waals surface area (Å²) in [6, 6.07) is -0.143. The minimum absolute atomic E-state index is 0.0933. The van der Waals surface area contributed by atoms with Gasteiger partial charge in [0.15, 0.2) is 0 Å². The van der Waals surface area contributed by atoms with Gasteiger partial charge in [0.25, 0.3) is 0 Å². The quantitative estimate of drug-likeness (QED) is 0.661. The Labute approximate surface area is 116 Å². The molecule has 4 nitrogen and oxygen atoms in total. The monoisotopic (exact) mass is 269 g/mol. The highest BCUT2D eigenvalue weighted by molar-refractivity contribution is 5.93. The number of carbonyl (C=O) groups excluding carboxylic acids is 2. The van der Waals surface area contributed by atoms with Gasteiger partial charge in [-0.15, -0.1) is 0 Å². The van der Waals surface area contributed by atoms with E-state index in [4.69, 9.17) is 4.74 Å². The van der Waals surface area contributed by atoms with Crippen molar-refractivity contribution in [3.8, 4) is 0 Å². The van der Waals surface area contributed by atoms with Crippen molar-refractivity contribution in [2.45, 2.75) is 78.4 Å².